The highest BCUT2D eigenvalue weighted by atomic mass is 16.2. The molecule has 0 bridgehead atoms. The average molecular weight is 250 g/mol. The summed E-state index contributed by atoms with van der Waals surface area (Å²) in [5.41, 5.74) is 6.44. The van der Waals surface area contributed by atoms with Crippen LogP contribution in [0.25, 0.3) is 0 Å². The van der Waals surface area contributed by atoms with Gasteiger partial charge in [0.1, 0.15) is 5.69 Å². The molecule has 0 atom stereocenters. The van der Waals surface area contributed by atoms with Crippen LogP contribution >= 0.6 is 0 Å². The highest BCUT2D eigenvalue weighted by Crippen LogP contribution is 2.52. The van der Waals surface area contributed by atoms with Crippen LogP contribution in [0.1, 0.15) is 38.2 Å². The Morgan fingerprint density at radius 2 is 1.94 bits per heavy atom. The van der Waals surface area contributed by atoms with Gasteiger partial charge in [0.2, 0.25) is 0 Å². The molecule has 0 radical (unpaired) electrons. The van der Waals surface area contributed by atoms with E-state index >= 15 is 0 Å². The maximum atomic E-state index is 12.1. The van der Waals surface area contributed by atoms with Gasteiger partial charge in [-0.3, -0.25) is 9.48 Å². The van der Waals surface area contributed by atoms with Crippen LogP contribution in [-0.2, 0) is 7.05 Å². The molecule has 0 aromatic carbocycles. The first-order chi connectivity index (χ1) is 8.17. The second-order valence-electron chi connectivity index (χ2n) is 6.40. The Hall–Kier alpha value is -1.36. The fraction of sp³-hybridized carbons (Fsp3) is 0.692. The minimum atomic E-state index is -0.131. The maximum absolute atomic E-state index is 12.1. The van der Waals surface area contributed by atoms with Crippen molar-refractivity contribution in [2.45, 2.75) is 39.8 Å². The van der Waals surface area contributed by atoms with Crippen molar-refractivity contribution >= 4 is 5.91 Å². The fourth-order valence-electron chi connectivity index (χ4n) is 3.29. The van der Waals surface area contributed by atoms with E-state index < -0.39 is 0 Å². The molecule has 1 aliphatic carbocycles. The third kappa shape index (κ3) is 1.73. The number of nitrogens with one attached hydrogen (secondary N) is 1. The molecule has 5 nitrogen and oxygen atoms in total. The Morgan fingerprint density at radius 1 is 1.39 bits per heavy atom. The van der Waals surface area contributed by atoms with Gasteiger partial charge >= 0.3 is 0 Å². The lowest BCUT2D eigenvalue weighted by molar-refractivity contribution is -0.0664. The first-order valence-corrected chi connectivity index (χ1v) is 6.23. The Morgan fingerprint density at radius 3 is 2.39 bits per heavy atom. The van der Waals surface area contributed by atoms with E-state index in [-0.39, 0.29) is 28.8 Å². The van der Waals surface area contributed by atoms with Gasteiger partial charge in [-0.05, 0) is 6.07 Å². The highest BCUT2D eigenvalue weighted by molar-refractivity contribution is 5.92. The number of aromatic nitrogens is 2. The maximum Gasteiger partial charge on any atom is 0.272 e. The van der Waals surface area contributed by atoms with Crippen LogP contribution in [0, 0.1) is 10.8 Å². The van der Waals surface area contributed by atoms with Gasteiger partial charge in [0.15, 0.2) is 0 Å². The summed E-state index contributed by atoms with van der Waals surface area (Å²) < 4.78 is 1.62. The van der Waals surface area contributed by atoms with Crippen molar-refractivity contribution in [1.82, 2.24) is 15.1 Å². The van der Waals surface area contributed by atoms with Crippen molar-refractivity contribution in [3.63, 3.8) is 0 Å². The summed E-state index contributed by atoms with van der Waals surface area (Å²) in [6.45, 7) is 8.36. The zero-order valence-corrected chi connectivity index (χ0v) is 11.7. The summed E-state index contributed by atoms with van der Waals surface area (Å²) in [4.78, 5) is 12.1. The van der Waals surface area contributed by atoms with Crippen LogP contribution in [0.15, 0.2) is 12.3 Å². The molecule has 3 N–H and O–H groups in total. The molecular weight excluding hydrogens is 228 g/mol. The Bertz CT molecular complexity index is 459. The van der Waals surface area contributed by atoms with Gasteiger partial charge in [0.05, 0.1) is 0 Å². The van der Waals surface area contributed by atoms with Crippen LogP contribution in [0.2, 0.25) is 0 Å². The van der Waals surface area contributed by atoms with E-state index in [1.807, 2.05) is 0 Å². The topological polar surface area (TPSA) is 72.9 Å². The van der Waals surface area contributed by atoms with Crippen LogP contribution in [0.3, 0.4) is 0 Å². The zero-order chi connectivity index (χ0) is 13.7. The van der Waals surface area contributed by atoms with Crippen molar-refractivity contribution in [2.24, 2.45) is 23.6 Å². The number of nitrogens with two attached hydrogens (primary N) is 1. The van der Waals surface area contributed by atoms with E-state index in [1.54, 1.807) is 24.0 Å². The molecule has 0 spiro atoms. The number of carbonyl (C=O) groups excluding carboxylic acids is 1. The number of hydrogen-bond donors (Lipinski definition) is 2. The second kappa shape index (κ2) is 3.82. The summed E-state index contributed by atoms with van der Waals surface area (Å²) >= 11 is 0. The van der Waals surface area contributed by atoms with Crippen molar-refractivity contribution < 1.29 is 4.79 Å². The normalized spacial score (nSPS) is 28.6. The van der Waals surface area contributed by atoms with Gasteiger partial charge in [0.25, 0.3) is 5.91 Å². The standard InChI is InChI=1S/C13H22N4O/c1-12(2)10(14)13(3,4)11(12)15-9(18)8-6-7-17(5)16-8/h6-7,10-11H,14H2,1-5H3,(H,15,18). The van der Waals surface area contributed by atoms with Crippen LogP contribution in [-0.4, -0.2) is 27.8 Å². The molecule has 0 unspecified atom stereocenters. The Balaban J connectivity index is 2.13. The SMILES string of the molecule is Cn1ccc(C(=O)NC2C(C)(C)C(N)C2(C)C)n1. The predicted molar refractivity (Wildman–Crippen MR) is 70.0 cm³/mol. The zero-order valence-electron chi connectivity index (χ0n) is 11.7. The molecular formula is C13H22N4O. The van der Waals surface area contributed by atoms with Crippen molar-refractivity contribution in [3.05, 3.63) is 18.0 Å². The van der Waals surface area contributed by atoms with Crippen molar-refractivity contribution in [3.8, 4) is 0 Å². The number of nitrogens with zero attached hydrogens (tertiary/aromatic N) is 2. The Labute approximate surface area is 108 Å². The number of carbonyl (C=O) groups is 1. The van der Waals surface area contributed by atoms with Crippen molar-refractivity contribution in [1.29, 1.82) is 0 Å². The molecule has 1 aromatic heterocycles. The van der Waals surface area contributed by atoms with Gasteiger partial charge in [-0.2, -0.15) is 5.10 Å². The molecule has 1 aliphatic rings. The largest absolute Gasteiger partial charge is 0.347 e. The van der Waals surface area contributed by atoms with Gasteiger partial charge in [-0.1, -0.05) is 27.7 Å². The molecule has 1 fully saturated rings. The van der Waals surface area contributed by atoms with E-state index in [9.17, 15) is 4.79 Å². The molecule has 18 heavy (non-hydrogen) atoms. The third-order valence-electron chi connectivity index (χ3n) is 4.31. The van der Waals surface area contributed by atoms with E-state index in [4.69, 9.17) is 5.73 Å². The molecule has 0 aliphatic heterocycles. The molecule has 0 saturated heterocycles. The molecule has 1 aromatic rings. The Kier molecular flexibility index (Phi) is 2.77. The lowest BCUT2D eigenvalue weighted by Crippen LogP contribution is -2.76. The molecule has 1 amide bonds. The molecule has 1 heterocycles. The summed E-state index contributed by atoms with van der Waals surface area (Å²) in [6.07, 6.45) is 1.76. The first-order valence-electron chi connectivity index (χ1n) is 6.23. The number of rotatable bonds is 2. The quantitative estimate of drug-likeness (QED) is 0.819. The number of hydrogen-bond acceptors (Lipinski definition) is 3. The molecule has 5 heteroatoms. The van der Waals surface area contributed by atoms with Gasteiger partial charge in [-0.25, -0.2) is 0 Å². The van der Waals surface area contributed by atoms with Crippen LogP contribution in [0.5, 0.6) is 0 Å². The average Bonchev–Trinajstić information content (AvgIpc) is 2.71. The van der Waals surface area contributed by atoms with Crippen LogP contribution < -0.4 is 11.1 Å². The predicted octanol–water partition coefficient (Wildman–Crippen LogP) is 0.912. The number of aryl methyl sites for hydroxylation is 1. The minimum Gasteiger partial charge on any atom is -0.347 e. The minimum absolute atomic E-state index is 0.0644. The van der Waals surface area contributed by atoms with Crippen molar-refractivity contribution in [2.75, 3.05) is 0 Å². The summed E-state index contributed by atoms with van der Waals surface area (Å²) in [7, 11) is 1.80. The van der Waals surface area contributed by atoms with Crippen LogP contribution in [0.4, 0.5) is 0 Å². The second-order valence-corrected chi connectivity index (χ2v) is 6.40. The first kappa shape index (κ1) is 13.1. The highest BCUT2D eigenvalue weighted by Gasteiger charge is 2.60. The van der Waals surface area contributed by atoms with Gasteiger partial charge in [-0.15, -0.1) is 0 Å². The van der Waals surface area contributed by atoms with Gasteiger partial charge < -0.3 is 11.1 Å². The fourth-order valence-corrected chi connectivity index (χ4v) is 3.29. The smallest absolute Gasteiger partial charge is 0.272 e. The van der Waals surface area contributed by atoms with E-state index in [2.05, 4.69) is 38.1 Å². The van der Waals surface area contributed by atoms with Gasteiger partial charge in [0, 0.05) is 36.2 Å². The monoisotopic (exact) mass is 250 g/mol. The van der Waals surface area contributed by atoms with E-state index in [0.29, 0.717) is 5.69 Å². The molecule has 2 rings (SSSR count). The lowest BCUT2D eigenvalue weighted by Gasteiger charge is -2.62. The summed E-state index contributed by atoms with van der Waals surface area (Å²) in [6, 6.07) is 1.86. The molecule has 100 valence electrons. The van der Waals surface area contributed by atoms with E-state index in [0.717, 1.165) is 0 Å². The summed E-state index contributed by atoms with van der Waals surface area (Å²) in [5.74, 6) is -0.131. The van der Waals surface area contributed by atoms with E-state index in [1.165, 1.54) is 0 Å². The molecule has 1 saturated carbocycles. The third-order valence-corrected chi connectivity index (χ3v) is 4.31. The summed E-state index contributed by atoms with van der Waals surface area (Å²) in [5, 5.41) is 7.17. The number of amides is 1. The lowest BCUT2D eigenvalue weighted by atomic mass is 9.48.